The van der Waals surface area contributed by atoms with Crippen molar-refractivity contribution in [3.05, 3.63) is 44.0 Å². The number of thiophene rings is 1. The number of aryl methyl sites for hydroxylation is 1. The highest BCUT2D eigenvalue weighted by Gasteiger charge is 2.20. The zero-order chi connectivity index (χ0) is 11.7. The molecule has 2 heterocycles. The lowest BCUT2D eigenvalue weighted by molar-refractivity contribution is 0.475. The first-order valence-electron chi connectivity index (χ1n) is 4.79. The Hall–Kier alpha value is -0.150. The second-order valence-electron chi connectivity index (χ2n) is 3.30. The minimum atomic E-state index is -0.378. The molecule has 0 fully saturated rings. The molecule has 0 saturated carbocycles. The summed E-state index contributed by atoms with van der Waals surface area (Å²) in [4.78, 5) is 0. The van der Waals surface area contributed by atoms with E-state index in [2.05, 4.69) is 0 Å². The molecule has 1 atom stereocenters. The van der Waals surface area contributed by atoms with E-state index < -0.39 is 0 Å². The van der Waals surface area contributed by atoms with Gasteiger partial charge in [-0.2, -0.15) is 0 Å². The Morgan fingerprint density at radius 1 is 1.38 bits per heavy atom. The lowest BCUT2D eigenvalue weighted by Gasteiger charge is -2.04. The van der Waals surface area contributed by atoms with Crippen molar-refractivity contribution in [3.63, 3.8) is 0 Å². The van der Waals surface area contributed by atoms with Crippen LogP contribution in [0.5, 0.6) is 0 Å². The Labute approximate surface area is 113 Å². The molecule has 0 radical (unpaired) electrons. The molecule has 0 N–H and O–H groups in total. The monoisotopic (exact) mass is 294 g/mol. The highest BCUT2D eigenvalue weighted by atomic mass is 35.5. The highest BCUT2D eigenvalue weighted by molar-refractivity contribution is 7.20. The van der Waals surface area contributed by atoms with Crippen molar-refractivity contribution in [1.29, 1.82) is 0 Å². The summed E-state index contributed by atoms with van der Waals surface area (Å²) < 4.78 is 6.83. The second kappa shape index (κ2) is 5.01. The van der Waals surface area contributed by atoms with Crippen LogP contribution in [-0.2, 0) is 6.42 Å². The molecule has 0 bridgehead atoms. The van der Waals surface area contributed by atoms with Crippen molar-refractivity contribution in [2.75, 3.05) is 0 Å². The van der Waals surface area contributed by atoms with Gasteiger partial charge in [-0.25, -0.2) is 0 Å². The molecular formula is C11H9Cl3OS. The molecule has 5 heteroatoms. The third-order valence-corrected chi connectivity index (χ3v) is 4.20. The Balaban J connectivity index is 2.31. The lowest BCUT2D eigenvalue weighted by atomic mass is 10.2. The summed E-state index contributed by atoms with van der Waals surface area (Å²) in [6.45, 7) is 2.03. The van der Waals surface area contributed by atoms with Crippen molar-refractivity contribution < 1.29 is 4.42 Å². The summed E-state index contributed by atoms with van der Waals surface area (Å²) >= 11 is 19.5. The van der Waals surface area contributed by atoms with E-state index in [9.17, 15) is 0 Å². The van der Waals surface area contributed by atoms with E-state index in [0.29, 0.717) is 14.4 Å². The Morgan fingerprint density at radius 2 is 2.12 bits per heavy atom. The molecule has 0 amide bonds. The molecule has 0 aliphatic rings. The minimum Gasteiger partial charge on any atom is -0.464 e. The van der Waals surface area contributed by atoms with E-state index in [1.165, 1.54) is 11.3 Å². The molecule has 2 aromatic heterocycles. The maximum atomic E-state index is 6.29. The SMILES string of the molecule is CCc1ccc(C(Cl)c2cc(Cl)sc2Cl)o1. The first kappa shape index (κ1) is 12.3. The van der Waals surface area contributed by atoms with Crippen LogP contribution in [0.15, 0.2) is 22.6 Å². The number of halogens is 3. The molecule has 16 heavy (non-hydrogen) atoms. The summed E-state index contributed by atoms with van der Waals surface area (Å²) in [5, 5.41) is -0.378. The van der Waals surface area contributed by atoms with Crippen LogP contribution in [0.4, 0.5) is 0 Å². The van der Waals surface area contributed by atoms with Crippen LogP contribution in [0.2, 0.25) is 8.67 Å². The third-order valence-electron chi connectivity index (χ3n) is 2.24. The summed E-state index contributed by atoms with van der Waals surface area (Å²) in [6, 6.07) is 5.57. The third kappa shape index (κ3) is 2.40. The fourth-order valence-electron chi connectivity index (χ4n) is 1.40. The molecule has 1 nitrogen and oxygen atoms in total. The zero-order valence-corrected chi connectivity index (χ0v) is 11.6. The van der Waals surface area contributed by atoms with Crippen LogP contribution in [-0.4, -0.2) is 0 Å². The molecule has 2 rings (SSSR count). The Morgan fingerprint density at radius 3 is 2.62 bits per heavy atom. The van der Waals surface area contributed by atoms with Gasteiger partial charge in [0.1, 0.15) is 16.9 Å². The Bertz CT molecular complexity index is 489. The van der Waals surface area contributed by atoms with E-state index in [1.54, 1.807) is 6.07 Å². The fraction of sp³-hybridized carbons (Fsp3) is 0.273. The van der Waals surface area contributed by atoms with Crippen molar-refractivity contribution in [2.45, 2.75) is 18.7 Å². The number of rotatable bonds is 3. The summed E-state index contributed by atoms with van der Waals surface area (Å²) in [5.74, 6) is 1.62. The average Bonchev–Trinajstić information content (AvgIpc) is 2.84. The fourth-order valence-corrected chi connectivity index (χ4v) is 3.34. The van der Waals surface area contributed by atoms with Crippen molar-refractivity contribution in [3.8, 4) is 0 Å². The maximum absolute atomic E-state index is 6.29. The smallest absolute Gasteiger partial charge is 0.126 e. The largest absolute Gasteiger partial charge is 0.464 e. The van der Waals surface area contributed by atoms with E-state index in [4.69, 9.17) is 39.2 Å². The summed E-state index contributed by atoms with van der Waals surface area (Å²) in [7, 11) is 0. The molecular weight excluding hydrogens is 287 g/mol. The van der Waals surface area contributed by atoms with Crippen LogP contribution in [0.3, 0.4) is 0 Å². The lowest BCUT2D eigenvalue weighted by Crippen LogP contribution is -1.89. The minimum absolute atomic E-state index is 0.378. The van der Waals surface area contributed by atoms with E-state index in [0.717, 1.165) is 17.7 Å². The number of hydrogen-bond acceptors (Lipinski definition) is 2. The van der Waals surface area contributed by atoms with Crippen LogP contribution in [0.1, 0.15) is 29.4 Å². The average molecular weight is 296 g/mol. The maximum Gasteiger partial charge on any atom is 0.126 e. The van der Waals surface area contributed by atoms with Gasteiger partial charge in [0.25, 0.3) is 0 Å². The van der Waals surface area contributed by atoms with Crippen molar-refractivity contribution >= 4 is 46.1 Å². The van der Waals surface area contributed by atoms with Gasteiger partial charge in [0.05, 0.1) is 8.67 Å². The number of alkyl halides is 1. The van der Waals surface area contributed by atoms with Gasteiger partial charge in [-0.3, -0.25) is 0 Å². The molecule has 0 aromatic carbocycles. The van der Waals surface area contributed by atoms with Gasteiger partial charge in [-0.15, -0.1) is 22.9 Å². The van der Waals surface area contributed by atoms with Crippen molar-refractivity contribution in [1.82, 2.24) is 0 Å². The Kier molecular flexibility index (Phi) is 3.85. The van der Waals surface area contributed by atoms with Crippen molar-refractivity contribution in [2.24, 2.45) is 0 Å². The van der Waals surface area contributed by atoms with Gasteiger partial charge < -0.3 is 4.42 Å². The van der Waals surface area contributed by atoms with Gasteiger partial charge in [0.2, 0.25) is 0 Å². The van der Waals surface area contributed by atoms with Gasteiger partial charge >= 0.3 is 0 Å². The predicted octanol–water partition coefficient (Wildman–Crippen LogP) is 5.54. The van der Waals surface area contributed by atoms with Crippen LogP contribution in [0, 0.1) is 0 Å². The normalized spacial score (nSPS) is 13.0. The van der Waals surface area contributed by atoms with Crippen LogP contribution < -0.4 is 0 Å². The van der Waals surface area contributed by atoms with Crippen LogP contribution >= 0.6 is 46.1 Å². The number of hydrogen-bond donors (Lipinski definition) is 0. The highest BCUT2D eigenvalue weighted by Crippen LogP contribution is 2.40. The zero-order valence-electron chi connectivity index (χ0n) is 8.47. The molecule has 2 aromatic rings. The quantitative estimate of drug-likeness (QED) is 0.678. The van der Waals surface area contributed by atoms with Gasteiger partial charge in [0.15, 0.2) is 0 Å². The van der Waals surface area contributed by atoms with Gasteiger partial charge in [-0.05, 0) is 18.2 Å². The first-order chi connectivity index (χ1) is 7.61. The first-order valence-corrected chi connectivity index (χ1v) is 6.80. The molecule has 0 aliphatic carbocycles. The summed E-state index contributed by atoms with van der Waals surface area (Å²) in [5.41, 5.74) is 0.801. The van der Waals surface area contributed by atoms with Crippen LogP contribution in [0.25, 0.3) is 0 Å². The van der Waals surface area contributed by atoms with E-state index >= 15 is 0 Å². The molecule has 86 valence electrons. The van der Waals surface area contributed by atoms with Gasteiger partial charge in [-0.1, -0.05) is 30.1 Å². The molecule has 1 unspecified atom stereocenters. The molecule has 0 saturated heterocycles. The predicted molar refractivity (Wildman–Crippen MR) is 70.1 cm³/mol. The molecule has 0 spiro atoms. The van der Waals surface area contributed by atoms with Gasteiger partial charge in [0, 0.05) is 12.0 Å². The topological polar surface area (TPSA) is 13.1 Å². The second-order valence-corrected chi connectivity index (χ2v) is 6.02. The van der Waals surface area contributed by atoms with E-state index in [1.807, 2.05) is 19.1 Å². The summed E-state index contributed by atoms with van der Waals surface area (Å²) in [6.07, 6.45) is 0.849. The molecule has 0 aliphatic heterocycles. The standard InChI is InChI=1S/C11H9Cl3OS/c1-2-6-3-4-8(15-6)10(13)7-5-9(12)16-11(7)14/h3-5,10H,2H2,1H3. The number of furan rings is 1. The van der Waals surface area contributed by atoms with E-state index in [-0.39, 0.29) is 5.38 Å².